The summed E-state index contributed by atoms with van der Waals surface area (Å²) in [7, 11) is 1.57. The summed E-state index contributed by atoms with van der Waals surface area (Å²) in [5, 5.41) is 4.84. The van der Waals surface area contributed by atoms with Crippen LogP contribution >= 0.6 is 11.3 Å². The second kappa shape index (κ2) is 9.00. The number of carbonyl (C=O) groups is 2. The quantitative estimate of drug-likeness (QED) is 0.653. The van der Waals surface area contributed by atoms with Gasteiger partial charge in [-0.1, -0.05) is 6.07 Å². The van der Waals surface area contributed by atoms with Crippen molar-refractivity contribution in [3.63, 3.8) is 0 Å². The third-order valence-electron chi connectivity index (χ3n) is 4.92. The van der Waals surface area contributed by atoms with Gasteiger partial charge in [0.05, 0.1) is 7.11 Å². The van der Waals surface area contributed by atoms with Crippen LogP contribution in [0.1, 0.15) is 20.8 Å². The normalized spacial score (nSPS) is 12.8. The molecule has 2 heterocycles. The summed E-state index contributed by atoms with van der Waals surface area (Å²) in [5.41, 5.74) is 2.49. The Kier molecular flexibility index (Phi) is 5.99. The molecular formula is C23H22N2O4S. The number of benzene rings is 2. The zero-order valence-corrected chi connectivity index (χ0v) is 17.4. The molecule has 7 heteroatoms. The lowest BCUT2D eigenvalue weighted by Crippen LogP contribution is -2.35. The van der Waals surface area contributed by atoms with Crippen LogP contribution in [0.2, 0.25) is 0 Å². The summed E-state index contributed by atoms with van der Waals surface area (Å²) in [5.74, 6) is 0.932. The summed E-state index contributed by atoms with van der Waals surface area (Å²) in [6.45, 7) is 1.26. The van der Waals surface area contributed by atoms with E-state index >= 15 is 0 Å². The summed E-state index contributed by atoms with van der Waals surface area (Å²) < 4.78 is 10.7. The summed E-state index contributed by atoms with van der Waals surface area (Å²) >= 11 is 1.75. The molecule has 0 fully saturated rings. The van der Waals surface area contributed by atoms with Crippen LogP contribution in [0.4, 0.5) is 5.69 Å². The molecule has 154 valence electrons. The zero-order valence-electron chi connectivity index (χ0n) is 16.6. The first kappa shape index (κ1) is 20.0. The first-order chi connectivity index (χ1) is 14.6. The van der Waals surface area contributed by atoms with E-state index in [2.05, 4.69) is 16.8 Å². The van der Waals surface area contributed by atoms with Crippen molar-refractivity contribution in [1.82, 2.24) is 4.90 Å². The minimum Gasteiger partial charge on any atom is -0.497 e. The third-order valence-corrected chi connectivity index (χ3v) is 5.94. The monoisotopic (exact) mass is 422 g/mol. The van der Waals surface area contributed by atoms with Gasteiger partial charge >= 0.3 is 0 Å². The lowest BCUT2D eigenvalue weighted by atomic mass is 10.1. The van der Waals surface area contributed by atoms with Gasteiger partial charge in [0.1, 0.15) is 11.5 Å². The Morgan fingerprint density at radius 3 is 2.73 bits per heavy atom. The molecule has 4 rings (SSSR count). The fourth-order valence-electron chi connectivity index (χ4n) is 3.34. The smallest absolute Gasteiger partial charge is 0.262 e. The van der Waals surface area contributed by atoms with Crippen LogP contribution in [0, 0.1) is 0 Å². The van der Waals surface area contributed by atoms with Gasteiger partial charge in [-0.15, -0.1) is 11.3 Å². The number of carbonyl (C=O) groups excluding carboxylic acids is 2. The van der Waals surface area contributed by atoms with Crippen molar-refractivity contribution >= 4 is 28.8 Å². The molecule has 0 unspecified atom stereocenters. The van der Waals surface area contributed by atoms with Crippen LogP contribution in [0.5, 0.6) is 11.5 Å². The number of hydrogen-bond donors (Lipinski definition) is 1. The predicted octanol–water partition coefficient (Wildman–Crippen LogP) is 3.97. The zero-order chi connectivity index (χ0) is 20.9. The molecule has 3 aromatic rings. The van der Waals surface area contributed by atoms with Crippen molar-refractivity contribution in [2.75, 3.05) is 25.6 Å². The number of nitrogens with one attached hydrogen (secondary N) is 1. The number of nitrogens with zero attached hydrogens (tertiary/aromatic N) is 1. The maximum atomic E-state index is 12.8. The Morgan fingerprint density at radius 2 is 1.93 bits per heavy atom. The highest BCUT2D eigenvalue weighted by Gasteiger charge is 2.22. The van der Waals surface area contributed by atoms with E-state index in [1.165, 1.54) is 10.4 Å². The van der Waals surface area contributed by atoms with Crippen molar-refractivity contribution in [2.45, 2.75) is 13.0 Å². The lowest BCUT2D eigenvalue weighted by Gasteiger charge is -2.27. The van der Waals surface area contributed by atoms with Crippen LogP contribution in [0.3, 0.4) is 0 Å². The number of anilines is 1. The Bertz CT molecular complexity index is 1050. The number of ether oxygens (including phenoxy) is 2. The van der Waals surface area contributed by atoms with Gasteiger partial charge in [-0.05, 0) is 59.8 Å². The van der Waals surface area contributed by atoms with Crippen LogP contribution in [-0.2, 0) is 17.8 Å². The van der Waals surface area contributed by atoms with E-state index in [-0.39, 0.29) is 18.4 Å². The van der Waals surface area contributed by atoms with Gasteiger partial charge in [0.15, 0.2) is 6.61 Å². The molecule has 2 amide bonds. The standard InChI is InChI=1S/C23H22N2O4S/c1-28-20-4-2-3-18(13-20)24-22(26)15-29-19-7-5-16(6-8-19)23(27)25-11-9-21-17(14-25)10-12-30-21/h2-8,10,12-13H,9,11,14-15H2,1H3,(H,24,26). The van der Waals surface area contributed by atoms with E-state index < -0.39 is 0 Å². The van der Waals surface area contributed by atoms with E-state index in [0.29, 0.717) is 29.3 Å². The van der Waals surface area contributed by atoms with E-state index in [1.54, 1.807) is 67.0 Å². The number of hydrogen-bond acceptors (Lipinski definition) is 5. The fraction of sp³-hybridized carbons (Fsp3) is 0.217. The largest absolute Gasteiger partial charge is 0.497 e. The van der Waals surface area contributed by atoms with E-state index in [1.807, 2.05) is 4.90 Å². The first-order valence-corrected chi connectivity index (χ1v) is 10.5. The lowest BCUT2D eigenvalue weighted by molar-refractivity contribution is -0.118. The molecule has 0 atom stereocenters. The summed E-state index contributed by atoms with van der Waals surface area (Å²) in [4.78, 5) is 28.1. The van der Waals surface area contributed by atoms with Crippen molar-refractivity contribution in [1.29, 1.82) is 0 Å². The fourth-order valence-corrected chi connectivity index (χ4v) is 4.23. The Labute approximate surface area is 179 Å². The second-order valence-electron chi connectivity index (χ2n) is 6.94. The molecule has 1 N–H and O–H groups in total. The average Bonchev–Trinajstić information content (AvgIpc) is 3.25. The number of amides is 2. The minimum absolute atomic E-state index is 0.00849. The topological polar surface area (TPSA) is 67.9 Å². The predicted molar refractivity (Wildman–Crippen MR) is 116 cm³/mol. The highest BCUT2D eigenvalue weighted by Crippen LogP contribution is 2.25. The van der Waals surface area contributed by atoms with Crippen molar-refractivity contribution in [2.24, 2.45) is 0 Å². The van der Waals surface area contributed by atoms with Gasteiger partial charge in [0.25, 0.3) is 11.8 Å². The first-order valence-electron chi connectivity index (χ1n) is 9.63. The summed E-state index contributed by atoms with van der Waals surface area (Å²) in [6, 6.07) is 16.1. The molecule has 1 aromatic heterocycles. The molecular weight excluding hydrogens is 400 g/mol. The Morgan fingerprint density at radius 1 is 1.10 bits per heavy atom. The van der Waals surface area contributed by atoms with E-state index in [9.17, 15) is 9.59 Å². The molecule has 2 aromatic carbocycles. The van der Waals surface area contributed by atoms with Crippen LogP contribution in [0.15, 0.2) is 60.0 Å². The highest BCUT2D eigenvalue weighted by atomic mass is 32.1. The average molecular weight is 423 g/mol. The molecule has 0 spiro atoms. The molecule has 0 bridgehead atoms. The molecule has 0 saturated heterocycles. The van der Waals surface area contributed by atoms with Gasteiger partial charge in [-0.3, -0.25) is 9.59 Å². The van der Waals surface area contributed by atoms with Gasteiger partial charge in [-0.2, -0.15) is 0 Å². The van der Waals surface area contributed by atoms with Crippen LogP contribution in [-0.4, -0.2) is 37.0 Å². The van der Waals surface area contributed by atoms with E-state index in [4.69, 9.17) is 9.47 Å². The molecule has 0 radical (unpaired) electrons. The molecule has 1 aliphatic rings. The molecule has 0 aliphatic carbocycles. The maximum Gasteiger partial charge on any atom is 0.262 e. The molecule has 1 aliphatic heterocycles. The number of rotatable bonds is 6. The third kappa shape index (κ3) is 4.63. The SMILES string of the molecule is COc1cccc(NC(=O)COc2ccc(C(=O)N3CCc4sccc4C3)cc2)c1. The number of fused-ring (bicyclic) bond motifs is 1. The molecule has 30 heavy (non-hydrogen) atoms. The van der Waals surface area contributed by atoms with Crippen LogP contribution < -0.4 is 14.8 Å². The van der Waals surface area contributed by atoms with E-state index in [0.717, 1.165) is 13.0 Å². The number of methoxy groups -OCH3 is 1. The second-order valence-corrected chi connectivity index (χ2v) is 7.94. The Hall–Kier alpha value is -3.32. The van der Waals surface area contributed by atoms with Crippen molar-refractivity contribution in [3.05, 3.63) is 76.0 Å². The Balaban J connectivity index is 1.30. The molecule has 0 saturated carbocycles. The summed E-state index contributed by atoms with van der Waals surface area (Å²) in [6.07, 6.45) is 0.905. The van der Waals surface area contributed by atoms with Gasteiger partial charge in [-0.25, -0.2) is 0 Å². The highest BCUT2D eigenvalue weighted by molar-refractivity contribution is 7.10. The van der Waals surface area contributed by atoms with Crippen molar-refractivity contribution in [3.8, 4) is 11.5 Å². The maximum absolute atomic E-state index is 12.8. The van der Waals surface area contributed by atoms with Gasteiger partial charge < -0.3 is 19.7 Å². The minimum atomic E-state index is -0.275. The van der Waals surface area contributed by atoms with Crippen LogP contribution in [0.25, 0.3) is 0 Å². The van der Waals surface area contributed by atoms with Gasteiger partial charge in [0.2, 0.25) is 0 Å². The number of thiophene rings is 1. The van der Waals surface area contributed by atoms with Gasteiger partial charge in [0, 0.05) is 35.3 Å². The van der Waals surface area contributed by atoms with Crippen molar-refractivity contribution < 1.29 is 19.1 Å². The molecule has 6 nitrogen and oxygen atoms in total.